The van der Waals surface area contributed by atoms with Gasteiger partial charge in [-0.2, -0.15) is 0 Å². The summed E-state index contributed by atoms with van der Waals surface area (Å²) < 4.78 is 8.13. The number of fused-ring (bicyclic) bond motifs is 1. The van der Waals surface area contributed by atoms with Crippen LogP contribution in [0.25, 0.3) is 16.7 Å². The molecule has 0 aliphatic rings. The summed E-state index contributed by atoms with van der Waals surface area (Å²) in [5, 5.41) is 10.4. The molecular formula is C15H12BrN3O3S. The standard InChI is InChI=1S/C15H12BrN3O3S/c1-22-9-2-3-10-11(16)6-19(12(10)4-9)13-5-14(18-8-17-13)23-7-15(20)21/h2-6,8H,7H2,1H3,(H,20,21). The summed E-state index contributed by atoms with van der Waals surface area (Å²) in [4.78, 5) is 19.1. The molecule has 0 saturated heterocycles. The molecule has 23 heavy (non-hydrogen) atoms. The van der Waals surface area contributed by atoms with Gasteiger partial charge >= 0.3 is 5.97 Å². The zero-order chi connectivity index (χ0) is 16.4. The van der Waals surface area contributed by atoms with E-state index in [0.717, 1.165) is 32.9 Å². The third-order valence-corrected chi connectivity index (χ3v) is 4.72. The van der Waals surface area contributed by atoms with Crippen molar-refractivity contribution < 1.29 is 14.6 Å². The SMILES string of the molecule is COc1ccc2c(Br)cn(-c3cc(SCC(=O)O)ncn3)c2c1. The zero-order valence-electron chi connectivity index (χ0n) is 12.1. The van der Waals surface area contributed by atoms with Crippen molar-refractivity contribution >= 4 is 44.6 Å². The van der Waals surface area contributed by atoms with Crippen molar-refractivity contribution in [2.24, 2.45) is 0 Å². The van der Waals surface area contributed by atoms with Gasteiger partial charge in [-0.15, -0.1) is 0 Å². The number of methoxy groups -OCH3 is 1. The Labute approximate surface area is 144 Å². The first-order valence-electron chi connectivity index (χ1n) is 6.60. The summed E-state index contributed by atoms with van der Waals surface area (Å²) in [5.41, 5.74) is 0.934. The molecule has 0 aliphatic carbocycles. The number of carboxylic acid groups (broad SMARTS) is 1. The van der Waals surface area contributed by atoms with Gasteiger partial charge in [0, 0.05) is 28.2 Å². The predicted octanol–water partition coefficient (Wildman–Crippen LogP) is 3.37. The molecule has 2 aromatic heterocycles. The van der Waals surface area contributed by atoms with Crippen LogP contribution in [0.3, 0.4) is 0 Å². The molecule has 118 valence electrons. The first kappa shape index (κ1) is 15.8. The molecule has 0 radical (unpaired) electrons. The van der Waals surface area contributed by atoms with Crippen LogP contribution in [0.15, 0.2) is 46.3 Å². The highest BCUT2D eigenvalue weighted by molar-refractivity contribution is 9.10. The Morgan fingerprint density at radius 2 is 2.22 bits per heavy atom. The number of aromatic nitrogens is 3. The summed E-state index contributed by atoms with van der Waals surface area (Å²) in [7, 11) is 1.62. The Morgan fingerprint density at radius 1 is 1.39 bits per heavy atom. The van der Waals surface area contributed by atoms with E-state index in [0.29, 0.717) is 10.8 Å². The summed E-state index contributed by atoms with van der Waals surface area (Å²) in [5.74, 6) is 0.491. The third kappa shape index (κ3) is 3.32. The average molecular weight is 394 g/mol. The molecule has 0 amide bonds. The number of carbonyl (C=O) groups is 1. The lowest BCUT2D eigenvalue weighted by molar-refractivity contribution is -0.133. The lowest BCUT2D eigenvalue weighted by Gasteiger charge is -2.07. The van der Waals surface area contributed by atoms with E-state index < -0.39 is 5.97 Å². The number of thioether (sulfide) groups is 1. The Bertz CT molecular complexity index is 882. The Kier molecular flexibility index (Phi) is 4.53. The maximum atomic E-state index is 10.7. The van der Waals surface area contributed by atoms with E-state index in [-0.39, 0.29) is 5.75 Å². The topological polar surface area (TPSA) is 77.2 Å². The van der Waals surface area contributed by atoms with Gasteiger partial charge in [0.25, 0.3) is 0 Å². The van der Waals surface area contributed by atoms with Crippen molar-refractivity contribution in [3.63, 3.8) is 0 Å². The zero-order valence-corrected chi connectivity index (χ0v) is 14.5. The molecule has 1 aromatic carbocycles. The fourth-order valence-electron chi connectivity index (χ4n) is 2.16. The van der Waals surface area contributed by atoms with Gasteiger partial charge in [0.2, 0.25) is 0 Å². The highest BCUT2D eigenvalue weighted by Gasteiger charge is 2.11. The fourth-order valence-corrected chi connectivity index (χ4v) is 3.28. The maximum Gasteiger partial charge on any atom is 0.313 e. The van der Waals surface area contributed by atoms with E-state index in [9.17, 15) is 4.79 Å². The van der Waals surface area contributed by atoms with E-state index in [1.165, 1.54) is 6.33 Å². The molecule has 8 heteroatoms. The molecule has 0 fully saturated rings. The van der Waals surface area contributed by atoms with Gasteiger partial charge in [-0.25, -0.2) is 9.97 Å². The van der Waals surface area contributed by atoms with Crippen LogP contribution < -0.4 is 4.74 Å². The number of hydrogen-bond acceptors (Lipinski definition) is 5. The van der Waals surface area contributed by atoms with Crippen LogP contribution in [-0.2, 0) is 4.79 Å². The van der Waals surface area contributed by atoms with Crippen LogP contribution in [0, 0.1) is 0 Å². The van der Waals surface area contributed by atoms with Gasteiger partial charge in [-0.3, -0.25) is 9.36 Å². The molecule has 2 heterocycles. The van der Waals surface area contributed by atoms with E-state index in [2.05, 4.69) is 25.9 Å². The van der Waals surface area contributed by atoms with Gasteiger partial charge in [0.15, 0.2) is 0 Å². The number of nitrogens with zero attached hydrogens (tertiary/aromatic N) is 3. The molecule has 1 N–H and O–H groups in total. The molecule has 0 bridgehead atoms. The number of carboxylic acids is 1. The normalized spacial score (nSPS) is 10.9. The minimum Gasteiger partial charge on any atom is -0.497 e. The molecule has 0 aliphatic heterocycles. The molecule has 0 saturated carbocycles. The largest absolute Gasteiger partial charge is 0.497 e. The van der Waals surface area contributed by atoms with E-state index in [1.807, 2.05) is 29.0 Å². The minimum absolute atomic E-state index is 0.0413. The van der Waals surface area contributed by atoms with Crippen LogP contribution in [0.4, 0.5) is 0 Å². The Balaban J connectivity index is 2.06. The summed E-state index contributed by atoms with van der Waals surface area (Å²) in [6.07, 6.45) is 3.34. The molecular weight excluding hydrogens is 382 g/mol. The quantitative estimate of drug-likeness (QED) is 0.528. The van der Waals surface area contributed by atoms with E-state index >= 15 is 0 Å². The lowest BCUT2D eigenvalue weighted by atomic mass is 10.2. The van der Waals surface area contributed by atoms with Gasteiger partial charge in [-0.1, -0.05) is 11.8 Å². The van der Waals surface area contributed by atoms with Gasteiger partial charge < -0.3 is 9.84 Å². The molecule has 3 rings (SSSR count). The average Bonchev–Trinajstić information content (AvgIpc) is 2.89. The van der Waals surface area contributed by atoms with Crippen molar-refractivity contribution in [3.8, 4) is 11.6 Å². The van der Waals surface area contributed by atoms with Crippen LogP contribution in [0.5, 0.6) is 5.75 Å². The van der Waals surface area contributed by atoms with E-state index in [4.69, 9.17) is 9.84 Å². The summed E-state index contributed by atoms with van der Waals surface area (Å²) in [6, 6.07) is 7.55. The smallest absolute Gasteiger partial charge is 0.313 e. The van der Waals surface area contributed by atoms with Crippen molar-refractivity contribution in [3.05, 3.63) is 41.3 Å². The molecule has 0 spiro atoms. The highest BCUT2D eigenvalue weighted by atomic mass is 79.9. The number of rotatable bonds is 5. The fraction of sp³-hybridized carbons (Fsp3) is 0.133. The Morgan fingerprint density at radius 3 is 2.96 bits per heavy atom. The number of halogens is 1. The number of hydrogen-bond donors (Lipinski definition) is 1. The van der Waals surface area contributed by atoms with Crippen molar-refractivity contribution in [1.29, 1.82) is 0 Å². The first-order chi connectivity index (χ1) is 11.1. The second-order valence-corrected chi connectivity index (χ2v) is 6.48. The lowest BCUT2D eigenvalue weighted by Crippen LogP contribution is -2.00. The summed E-state index contributed by atoms with van der Waals surface area (Å²) in [6.45, 7) is 0. The Hall–Kier alpha value is -2.06. The van der Waals surface area contributed by atoms with Crippen molar-refractivity contribution in [2.75, 3.05) is 12.9 Å². The third-order valence-electron chi connectivity index (χ3n) is 3.18. The van der Waals surface area contributed by atoms with Crippen molar-refractivity contribution in [1.82, 2.24) is 14.5 Å². The molecule has 3 aromatic rings. The van der Waals surface area contributed by atoms with Crippen molar-refractivity contribution in [2.45, 2.75) is 5.03 Å². The summed E-state index contributed by atoms with van der Waals surface area (Å²) >= 11 is 4.70. The minimum atomic E-state index is -0.881. The number of ether oxygens (including phenoxy) is 1. The second kappa shape index (κ2) is 6.59. The first-order valence-corrected chi connectivity index (χ1v) is 8.38. The highest BCUT2D eigenvalue weighted by Crippen LogP contribution is 2.31. The van der Waals surface area contributed by atoms with E-state index in [1.54, 1.807) is 13.2 Å². The monoisotopic (exact) mass is 393 g/mol. The molecule has 0 unspecified atom stereocenters. The predicted molar refractivity (Wildman–Crippen MR) is 91.5 cm³/mol. The molecule has 0 atom stereocenters. The molecule has 6 nitrogen and oxygen atoms in total. The number of benzene rings is 1. The van der Waals surface area contributed by atoms with Crippen LogP contribution in [-0.4, -0.2) is 38.5 Å². The van der Waals surface area contributed by atoms with Crippen LogP contribution in [0.2, 0.25) is 0 Å². The van der Waals surface area contributed by atoms with Gasteiger partial charge in [0.1, 0.15) is 22.9 Å². The maximum absolute atomic E-state index is 10.7. The van der Waals surface area contributed by atoms with Crippen LogP contribution in [0.1, 0.15) is 0 Å². The van der Waals surface area contributed by atoms with Gasteiger partial charge in [-0.05, 0) is 28.1 Å². The van der Waals surface area contributed by atoms with Crippen LogP contribution >= 0.6 is 27.7 Å². The number of aliphatic carboxylic acids is 1. The second-order valence-electron chi connectivity index (χ2n) is 4.63. The van der Waals surface area contributed by atoms with Gasteiger partial charge in [0.05, 0.1) is 18.4 Å².